The zero-order valence-electron chi connectivity index (χ0n) is 11.8. The first-order valence-electron chi connectivity index (χ1n) is 6.89. The highest BCUT2D eigenvalue weighted by Crippen LogP contribution is 2.31. The summed E-state index contributed by atoms with van der Waals surface area (Å²) in [6.45, 7) is 2.58. The highest BCUT2D eigenvalue weighted by molar-refractivity contribution is 8.00. The third-order valence-electron chi connectivity index (χ3n) is 3.45. The van der Waals surface area contributed by atoms with Gasteiger partial charge in [0.15, 0.2) is 5.03 Å². The molecule has 1 heterocycles. The van der Waals surface area contributed by atoms with Crippen molar-refractivity contribution in [1.82, 2.24) is 20.2 Å². The highest BCUT2D eigenvalue weighted by atomic mass is 32.2. The second-order valence-corrected chi connectivity index (χ2v) is 8.07. The van der Waals surface area contributed by atoms with Crippen LogP contribution in [0, 0.1) is 0 Å². The number of thioether (sulfide) groups is 1. The average molecular weight is 318 g/mol. The van der Waals surface area contributed by atoms with Crippen LogP contribution in [0.3, 0.4) is 0 Å². The molecule has 1 aromatic heterocycles. The van der Waals surface area contributed by atoms with E-state index >= 15 is 0 Å². The molecule has 0 aromatic carbocycles. The van der Waals surface area contributed by atoms with Gasteiger partial charge < -0.3 is 5.32 Å². The number of hydrogen-bond donors (Lipinski definition) is 3. The van der Waals surface area contributed by atoms with E-state index < -0.39 is 10.0 Å². The fraction of sp³-hybridized carbons (Fsp3) is 0.750. The van der Waals surface area contributed by atoms with Gasteiger partial charge in [0.2, 0.25) is 0 Å². The number of nitrogens with one attached hydrogen (secondary N) is 3. The Bertz CT molecular complexity index is 529. The SMILES string of the molecule is CCSC1CCCC1NS(=O)(=O)c1[nH]ncc1CNC. The normalized spacial score (nSPS) is 23.3. The van der Waals surface area contributed by atoms with E-state index in [4.69, 9.17) is 0 Å². The van der Waals surface area contributed by atoms with Crippen LogP contribution in [-0.4, -0.2) is 42.7 Å². The standard InChI is InChI=1S/C12H22N4O2S2/c1-3-19-11-6-4-5-10(11)16-20(17,18)12-9(7-13-2)8-14-15-12/h8,10-11,13,16H,3-7H2,1-2H3,(H,14,15). The molecular weight excluding hydrogens is 296 g/mol. The molecule has 1 fully saturated rings. The third-order valence-corrected chi connectivity index (χ3v) is 6.28. The van der Waals surface area contributed by atoms with E-state index in [1.807, 2.05) is 11.8 Å². The van der Waals surface area contributed by atoms with Gasteiger partial charge in [-0.15, -0.1) is 0 Å². The van der Waals surface area contributed by atoms with Crippen molar-refractivity contribution in [2.45, 2.75) is 49.0 Å². The fourth-order valence-electron chi connectivity index (χ4n) is 2.58. The molecule has 2 atom stereocenters. The number of sulfonamides is 1. The molecule has 0 amide bonds. The molecule has 0 saturated heterocycles. The van der Waals surface area contributed by atoms with E-state index in [1.165, 1.54) is 0 Å². The molecule has 1 aliphatic rings. The lowest BCUT2D eigenvalue weighted by atomic mass is 10.3. The van der Waals surface area contributed by atoms with Crippen LogP contribution < -0.4 is 10.0 Å². The smallest absolute Gasteiger partial charge is 0.258 e. The van der Waals surface area contributed by atoms with Crippen molar-refractivity contribution < 1.29 is 8.42 Å². The third kappa shape index (κ3) is 3.55. The molecule has 0 radical (unpaired) electrons. The van der Waals surface area contributed by atoms with Gasteiger partial charge in [-0.1, -0.05) is 13.3 Å². The van der Waals surface area contributed by atoms with Gasteiger partial charge >= 0.3 is 0 Å². The molecule has 3 N–H and O–H groups in total. The van der Waals surface area contributed by atoms with Crippen LogP contribution in [0.25, 0.3) is 0 Å². The maximum atomic E-state index is 12.5. The zero-order valence-corrected chi connectivity index (χ0v) is 13.5. The largest absolute Gasteiger partial charge is 0.316 e. The zero-order chi connectivity index (χ0) is 14.6. The summed E-state index contributed by atoms with van der Waals surface area (Å²) in [5.41, 5.74) is 0.665. The molecular formula is C12H22N4O2S2. The Labute approximate surface area is 124 Å². The van der Waals surface area contributed by atoms with Crippen molar-refractivity contribution in [3.63, 3.8) is 0 Å². The Hall–Kier alpha value is -0.570. The van der Waals surface area contributed by atoms with Crippen LogP contribution in [0.1, 0.15) is 31.7 Å². The number of H-pyrrole nitrogens is 1. The molecule has 2 rings (SSSR count). The summed E-state index contributed by atoms with van der Waals surface area (Å²) < 4.78 is 27.8. The number of nitrogens with zero attached hydrogens (tertiary/aromatic N) is 1. The van der Waals surface area contributed by atoms with Crippen LogP contribution in [0.5, 0.6) is 0 Å². The van der Waals surface area contributed by atoms with Gasteiger partial charge in [-0.2, -0.15) is 16.9 Å². The number of aromatic nitrogens is 2. The van der Waals surface area contributed by atoms with Crippen LogP contribution in [0.2, 0.25) is 0 Å². The van der Waals surface area contributed by atoms with Crippen LogP contribution >= 0.6 is 11.8 Å². The number of rotatable bonds is 7. The Balaban J connectivity index is 2.12. The Morgan fingerprint density at radius 2 is 2.30 bits per heavy atom. The Morgan fingerprint density at radius 1 is 1.50 bits per heavy atom. The number of hydrogen-bond acceptors (Lipinski definition) is 5. The summed E-state index contributed by atoms with van der Waals surface area (Å²) in [6, 6.07) is 0.0238. The molecule has 2 unspecified atom stereocenters. The van der Waals surface area contributed by atoms with Gasteiger partial charge in [0.25, 0.3) is 10.0 Å². The predicted octanol–water partition coefficient (Wildman–Crippen LogP) is 1.08. The lowest BCUT2D eigenvalue weighted by Crippen LogP contribution is -2.39. The topological polar surface area (TPSA) is 86.9 Å². The van der Waals surface area contributed by atoms with Crippen molar-refractivity contribution in [2.24, 2.45) is 0 Å². The van der Waals surface area contributed by atoms with Gasteiger partial charge in [-0.3, -0.25) is 5.10 Å². The second kappa shape index (κ2) is 6.93. The van der Waals surface area contributed by atoms with Crippen LogP contribution in [-0.2, 0) is 16.6 Å². The van der Waals surface area contributed by atoms with Gasteiger partial charge in [0, 0.05) is 23.4 Å². The molecule has 0 aliphatic heterocycles. The van der Waals surface area contributed by atoms with Crippen LogP contribution in [0.4, 0.5) is 0 Å². The van der Waals surface area contributed by atoms with Gasteiger partial charge in [0.05, 0.1) is 6.20 Å². The summed E-state index contributed by atoms with van der Waals surface area (Å²) in [4.78, 5) is 0. The molecule has 0 bridgehead atoms. The minimum absolute atomic E-state index is 0.0238. The molecule has 1 aromatic rings. The second-order valence-electron chi connectivity index (χ2n) is 4.91. The van der Waals surface area contributed by atoms with Crippen molar-refractivity contribution in [3.8, 4) is 0 Å². The minimum Gasteiger partial charge on any atom is -0.316 e. The van der Waals surface area contributed by atoms with E-state index in [1.54, 1.807) is 13.2 Å². The summed E-state index contributed by atoms with van der Waals surface area (Å²) in [5, 5.41) is 9.96. The monoisotopic (exact) mass is 318 g/mol. The molecule has 8 heteroatoms. The maximum absolute atomic E-state index is 12.5. The predicted molar refractivity (Wildman–Crippen MR) is 81.2 cm³/mol. The molecule has 114 valence electrons. The van der Waals surface area contributed by atoms with Crippen molar-refractivity contribution in [1.29, 1.82) is 0 Å². The summed E-state index contributed by atoms with van der Waals surface area (Å²) in [5.74, 6) is 1.01. The Kier molecular flexibility index (Phi) is 5.48. The molecule has 1 aliphatic carbocycles. The van der Waals surface area contributed by atoms with E-state index in [0.29, 0.717) is 17.4 Å². The van der Waals surface area contributed by atoms with Gasteiger partial charge in [0.1, 0.15) is 0 Å². The molecule has 6 nitrogen and oxygen atoms in total. The molecule has 20 heavy (non-hydrogen) atoms. The summed E-state index contributed by atoms with van der Waals surface area (Å²) >= 11 is 1.83. The lowest BCUT2D eigenvalue weighted by molar-refractivity contribution is 0.549. The van der Waals surface area contributed by atoms with E-state index in [2.05, 4.69) is 27.2 Å². The molecule has 1 saturated carbocycles. The van der Waals surface area contributed by atoms with E-state index in [0.717, 1.165) is 25.0 Å². The van der Waals surface area contributed by atoms with Gasteiger partial charge in [-0.25, -0.2) is 13.1 Å². The molecule has 0 spiro atoms. The van der Waals surface area contributed by atoms with Crippen molar-refractivity contribution in [2.75, 3.05) is 12.8 Å². The number of aromatic amines is 1. The maximum Gasteiger partial charge on any atom is 0.258 e. The summed E-state index contributed by atoms with van der Waals surface area (Å²) in [7, 11) is -1.75. The van der Waals surface area contributed by atoms with Crippen LogP contribution in [0.15, 0.2) is 11.2 Å². The minimum atomic E-state index is -3.53. The first-order chi connectivity index (χ1) is 9.58. The van der Waals surface area contributed by atoms with E-state index in [9.17, 15) is 8.42 Å². The van der Waals surface area contributed by atoms with Gasteiger partial charge in [-0.05, 0) is 25.6 Å². The van der Waals surface area contributed by atoms with E-state index in [-0.39, 0.29) is 11.1 Å². The van der Waals surface area contributed by atoms with Crippen molar-refractivity contribution in [3.05, 3.63) is 11.8 Å². The lowest BCUT2D eigenvalue weighted by Gasteiger charge is -2.19. The summed E-state index contributed by atoms with van der Waals surface area (Å²) in [6.07, 6.45) is 4.62. The first-order valence-corrected chi connectivity index (χ1v) is 9.42. The Morgan fingerprint density at radius 3 is 3.00 bits per heavy atom. The quantitative estimate of drug-likeness (QED) is 0.700. The first kappa shape index (κ1) is 15.8. The fourth-order valence-corrected chi connectivity index (χ4v) is 5.31. The van der Waals surface area contributed by atoms with Crippen molar-refractivity contribution >= 4 is 21.8 Å². The average Bonchev–Trinajstić information content (AvgIpc) is 3.00. The highest BCUT2D eigenvalue weighted by Gasteiger charge is 2.32.